The molecule has 1 nitrogen and oxygen atoms in total. The lowest BCUT2D eigenvalue weighted by Gasteiger charge is -2.39. The summed E-state index contributed by atoms with van der Waals surface area (Å²) >= 11 is 0. The SMILES string of the molecule is C=C(C)C1CCC2CCC(=O)CC2C1. The van der Waals surface area contributed by atoms with Crippen molar-refractivity contribution in [2.75, 3.05) is 0 Å². The van der Waals surface area contributed by atoms with Crippen LogP contribution in [0.2, 0.25) is 0 Å². The van der Waals surface area contributed by atoms with Crippen molar-refractivity contribution in [3.63, 3.8) is 0 Å². The molecule has 0 saturated heterocycles. The topological polar surface area (TPSA) is 17.1 Å². The molecule has 0 radical (unpaired) electrons. The van der Waals surface area contributed by atoms with Crippen LogP contribution in [0.5, 0.6) is 0 Å². The van der Waals surface area contributed by atoms with E-state index >= 15 is 0 Å². The molecule has 0 spiro atoms. The summed E-state index contributed by atoms with van der Waals surface area (Å²) in [6, 6.07) is 0. The molecule has 0 aromatic carbocycles. The molecular formula is C13H20O. The van der Waals surface area contributed by atoms with Crippen LogP contribution in [0.3, 0.4) is 0 Å². The predicted molar refractivity (Wildman–Crippen MR) is 58.0 cm³/mol. The zero-order valence-electron chi connectivity index (χ0n) is 9.09. The molecule has 2 rings (SSSR count). The molecule has 0 bridgehead atoms. The van der Waals surface area contributed by atoms with E-state index in [0.717, 1.165) is 25.2 Å². The van der Waals surface area contributed by atoms with Crippen molar-refractivity contribution in [2.24, 2.45) is 17.8 Å². The lowest BCUT2D eigenvalue weighted by molar-refractivity contribution is -0.123. The largest absolute Gasteiger partial charge is 0.300 e. The molecule has 0 heterocycles. The van der Waals surface area contributed by atoms with Crippen LogP contribution in [-0.2, 0) is 4.79 Å². The van der Waals surface area contributed by atoms with Gasteiger partial charge >= 0.3 is 0 Å². The first-order valence-corrected chi connectivity index (χ1v) is 5.84. The summed E-state index contributed by atoms with van der Waals surface area (Å²) in [7, 11) is 0. The van der Waals surface area contributed by atoms with E-state index in [2.05, 4.69) is 13.5 Å². The van der Waals surface area contributed by atoms with Crippen molar-refractivity contribution in [3.8, 4) is 0 Å². The Labute approximate surface area is 86.6 Å². The number of hydrogen-bond acceptors (Lipinski definition) is 1. The van der Waals surface area contributed by atoms with Crippen LogP contribution in [0, 0.1) is 17.8 Å². The number of rotatable bonds is 1. The average Bonchev–Trinajstić information content (AvgIpc) is 2.16. The Morgan fingerprint density at radius 3 is 2.79 bits per heavy atom. The first kappa shape index (κ1) is 9.95. The van der Waals surface area contributed by atoms with Crippen LogP contribution in [0.4, 0.5) is 0 Å². The standard InChI is InChI=1S/C13H20O/c1-9(2)11-4-3-10-5-6-13(14)8-12(10)7-11/h10-12H,1,3-8H2,2H3. The minimum atomic E-state index is 0.494. The Kier molecular flexibility index (Phi) is 2.76. The number of hydrogen-bond donors (Lipinski definition) is 0. The Morgan fingerprint density at radius 2 is 2.07 bits per heavy atom. The minimum Gasteiger partial charge on any atom is -0.300 e. The highest BCUT2D eigenvalue weighted by Gasteiger charge is 2.34. The molecule has 2 saturated carbocycles. The third-order valence-electron chi connectivity index (χ3n) is 4.12. The van der Waals surface area contributed by atoms with Gasteiger partial charge in [-0.2, -0.15) is 0 Å². The molecule has 0 aliphatic heterocycles. The van der Waals surface area contributed by atoms with Crippen LogP contribution < -0.4 is 0 Å². The molecule has 3 atom stereocenters. The molecule has 0 aromatic rings. The monoisotopic (exact) mass is 192 g/mol. The average molecular weight is 192 g/mol. The zero-order valence-corrected chi connectivity index (χ0v) is 9.09. The number of Topliss-reactive ketones (excluding diaryl/α,β-unsaturated/α-hetero) is 1. The van der Waals surface area contributed by atoms with E-state index in [9.17, 15) is 4.79 Å². The van der Waals surface area contributed by atoms with Crippen LogP contribution in [0.15, 0.2) is 12.2 Å². The van der Waals surface area contributed by atoms with Gasteiger partial charge in [0.2, 0.25) is 0 Å². The first-order valence-electron chi connectivity index (χ1n) is 5.84. The van der Waals surface area contributed by atoms with E-state index < -0.39 is 0 Å². The van der Waals surface area contributed by atoms with E-state index in [-0.39, 0.29) is 0 Å². The van der Waals surface area contributed by atoms with Gasteiger partial charge in [-0.1, -0.05) is 12.2 Å². The third kappa shape index (κ3) is 1.92. The highest BCUT2D eigenvalue weighted by Crippen LogP contribution is 2.43. The van der Waals surface area contributed by atoms with Gasteiger partial charge in [0.25, 0.3) is 0 Å². The van der Waals surface area contributed by atoms with E-state index in [0.29, 0.717) is 17.6 Å². The van der Waals surface area contributed by atoms with Crippen molar-refractivity contribution < 1.29 is 4.79 Å². The van der Waals surface area contributed by atoms with Crippen molar-refractivity contribution in [1.82, 2.24) is 0 Å². The number of fused-ring (bicyclic) bond motifs is 1. The summed E-state index contributed by atoms with van der Waals surface area (Å²) in [5.41, 5.74) is 1.32. The zero-order chi connectivity index (χ0) is 10.1. The fraction of sp³-hybridized carbons (Fsp3) is 0.769. The van der Waals surface area contributed by atoms with Gasteiger partial charge in [0.15, 0.2) is 0 Å². The lowest BCUT2D eigenvalue weighted by Crippen LogP contribution is -2.31. The maximum Gasteiger partial charge on any atom is 0.133 e. The summed E-state index contributed by atoms with van der Waals surface area (Å²) in [5.74, 6) is 2.73. The van der Waals surface area contributed by atoms with Gasteiger partial charge in [0.1, 0.15) is 5.78 Å². The second-order valence-electron chi connectivity index (χ2n) is 5.16. The smallest absolute Gasteiger partial charge is 0.133 e. The maximum atomic E-state index is 11.4. The second kappa shape index (κ2) is 3.88. The van der Waals surface area contributed by atoms with E-state index in [1.165, 1.54) is 24.8 Å². The van der Waals surface area contributed by atoms with E-state index in [1.807, 2.05) is 0 Å². The molecular weight excluding hydrogens is 172 g/mol. The highest BCUT2D eigenvalue weighted by atomic mass is 16.1. The molecule has 2 aliphatic carbocycles. The van der Waals surface area contributed by atoms with Gasteiger partial charge in [-0.05, 0) is 50.4 Å². The second-order valence-corrected chi connectivity index (χ2v) is 5.16. The Morgan fingerprint density at radius 1 is 1.29 bits per heavy atom. The van der Waals surface area contributed by atoms with E-state index in [4.69, 9.17) is 0 Å². The van der Waals surface area contributed by atoms with Crippen LogP contribution in [0.25, 0.3) is 0 Å². The summed E-state index contributed by atoms with van der Waals surface area (Å²) in [6.07, 6.45) is 6.73. The van der Waals surface area contributed by atoms with Crippen molar-refractivity contribution in [1.29, 1.82) is 0 Å². The molecule has 0 aromatic heterocycles. The summed E-state index contributed by atoms with van der Waals surface area (Å²) in [6.45, 7) is 6.19. The molecule has 1 heteroatoms. The molecule has 0 N–H and O–H groups in total. The Hall–Kier alpha value is -0.590. The van der Waals surface area contributed by atoms with Crippen molar-refractivity contribution in [3.05, 3.63) is 12.2 Å². The summed E-state index contributed by atoms with van der Waals surface area (Å²) < 4.78 is 0. The molecule has 0 amide bonds. The van der Waals surface area contributed by atoms with Crippen LogP contribution in [0.1, 0.15) is 45.4 Å². The van der Waals surface area contributed by atoms with Crippen molar-refractivity contribution in [2.45, 2.75) is 45.4 Å². The molecule has 3 unspecified atom stereocenters. The number of allylic oxidation sites excluding steroid dienone is 1. The number of carbonyl (C=O) groups is 1. The van der Waals surface area contributed by atoms with Crippen LogP contribution >= 0.6 is 0 Å². The fourth-order valence-corrected chi connectivity index (χ4v) is 3.15. The summed E-state index contributed by atoms with van der Waals surface area (Å²) in [5, 5.41) is 0. The normalized spacial score (nSPS) is 37.8. The molecule has 2 aliphatic rings. The highest BCUT2D eigenvalue weighted by molar-refractivity contribution is 5.79. The van der Waals surface area contributed by atoms with Crippen molar-refractivity contribution >= 4 is 5.78 Å². The van der Waals surface area contributed by atoms with Gasteiger partial charge in [-0.3, -0.25) is 4.79 Å². The number of carbonyl (C=O) groups excluding carboxylic acids is 1. The third-order valence-corrected chi connectivity index (χ3v) is 4.12. The molecule has 2 fully saturated rings. The quantitative estimate of drug-likeness (QED) is 0.582. The Balaban J connectivity index is 1.99. The number of ketones is 1. The van der Waals surface area contributed by atoms with Gasteiger partial charge in [0, 0.05) is 12.8 Å². The van der Waals surface area contributed by atoms with Gasteiger partial charge in [0.05, 0.1) is 0 Å². The summed E-state index contributed by atoms with van der Waals surface area (Å²) in [4.78, 5) is 11.4. The van der Waals surface area contributed by atoms with Gasteiger partial charge in [-0.15, -0.1) is 0 Å². The lowest BCUT2D eigenvalue weighted by atomic mass is 9.66. The molecule has 78 valence electrons. The van der Waals surface area contributed by atoms with Gasteiger partial charge < -0.3 is 0 Å². The van der Waals surface area contributed by atoms with E-state index in [1.54, 1.807) is 0 Å². The fourth-order valence-electron chi connectivity index (χ4n) is 3.15. The molecule has 14 heavy (non-hydrogen) atoms. The van der Waals surface area contributed by atoms with Gasteiger partial charge in [-0.25, -0.2) is 0 Å². The predicted octanol–water partition coefficient (Wildman–Crippen LogP) is 3.35. The maximum absolute atomic E-state index is 11.4. The first-order chi connectivity index (χ1) is 6.66. The minimum absolute atomic E-state index is 0.494. The Bertz CT molecular complexity index is 252. The van der Waals surface area contributed by atoms with Crippen LogP contribution in [-0.4, -0.2) is 5.78 Å².